The largest absolute Gasteiger partial charge is 0.628 e. The number of nitrogens with zero attached hydrogens (tertiary/aromatic N) is 2. The maximum absolute atomic E-state index is 12.1. The van der Waals surface area contributed by atoms with Crippen molar-refractivity contribution in [2.24, 2.45) is 0 Å². The van der Waals surface area contributed by atoms with Crippen molar-refractivity contribution in [2.45, 2.75) is 0 Å². The SMILES string of the molecule is O=C(Nc1ccccc1[N+](=O)[O-])OCC=C[N+]1([O-])CCOCC1. The van der Waals surface area contributed by atoms with E-state index in [4.69, 9.17) is 9.47 Å². The molecule has 9 nitrogen and oxygen atoms in total. The molecule has 0 spiro atoms. The minimum Gasteiger partial charge on any atom is -0.628 e. The van der Waals surface area contributed by atoms with E-state index in [0.29, 0.717) is 26.3 Å². The molecule has 9 heteroatoms. The number of amides is 1. The van der Waals surface area contributed by atoms with Crippen LogP contribution in [-0.4, -0.2) is 48.6 Å². The summed E-state index contributed by atoms with van der Waals surface area (Å²) in [5, 5.41) is 25.2. The van der Waals surface area contributed by atoms with Crippen molar-refractivity contribution in [3.63, 3.8) is 0 Å². The Morgan fingerprint density at radius 1 is 1.39 bits per heavy atom. The van der Waals surface area contributed by atoms with Gasteiger partial charge in [0.1, 0.15) is 25.4 Å². The molecular formula is C14H17N3O6. The maximum Gasteiger partial charge on any atom is 0.412 e. The Hall–Kier alpha value is -2.49. The summed E-state index contributed by atoms with van der Waals surface area (Å²) in [4.78, 5) is 21.9. The summed E-state index contributed by atoms with van der Waals surface area (Å²) >= 11 is 0. The Kier molecular flexibility index (Phi) is 5.63. The number of hydrogen-bond donors (Lipinski definition) is 1. The third-order valence-corrected chi connectivity index (χ3v) is 3.25. The second kappa shape index (κ2) is 7.68. The Morgan fingerprint density at radius 2 is 2.09 bits per heavy atom. The van der Waals surface area contributed by atoms with Crippen molar-refractivity contribution >= 4 is 17.5 Å². The van der Waals surface area contributed by atoms with E-state index < -0.39 is 15.7 Å². The van der Waals surface area contributed by atoms with Gasteiger partial charge in [-0.3, -0.25) is 15.4 Å². The third kappa shape index (κ3) is 5.02. The number of nitro benzene ring substituents is 1. The molecule has 1 saturated heterocycles. The first-order valence-corrected chi connectivity index (χ1v) is 7.01. The Labute approximate surface area is 132 Å². The normalized spacial score (nSPS) is 16.9. The van der Waals surface area contributed by atoms with Gasteiger partial charge in [-0.2, -0.15) is 0 Å². The van der Waals surface area contributed by atoms with Crippen molar-refractivity contribution in [3.8, 4) is 0 Å². The van der Waals surface area contributed by atoms with Gasteiger partial charge in [0.05, 0.1) is 24.3 Å². The van der Waals surface area contributed by atoms with Crippen molar-refractivity contribution in [1.29, 1.82) is 0 Å². The monoisotopic (exact) mass is 323 g/mol. The smallest absolute Gasteiger partial charge is 0.412 e. The van der Waals surface area contributed by atoms with Crippen LogP contribution in [0.15, 0.2) is 36.5 Å². The van der Waals surface area contributed by atoms with E-state index in [2.05, 4.69) is 5.32 Å². The third-order valence-electron chi connectivity index (χ3n) is 3.25. The molecule has 0 atom stereocenters. The molecule has 1 aliphatic heterocycles. The Balaban J connectivity index is 1.83. The van der Waals surface area contributed by atoms with Crippen LogP contribution in [0.3, 0.4) is 0 Å². The fourth-order valence-electron chi connectivity index (χ4n) is 2.04. The minimum absolute atomic E-state index is 0.0481. The highest BCUT2D eigenvalue weighted by Crippen LogP contribution is 2.23. The predicted molar refractivity (Wildman–Crippen MR) is 81.4 cm³/mol. The lowest BCUT2D eigenvalue weighted by atomic mass is 10.3. The first kappa shape index (κ1) is 16.9. The number of carbonyl (C=O) groups excluding carboxylic acids is 1. The van der Waals surface area contributed by atoms with Crippen LogP contribution in [-0.2, 0) is 9.47 Å². The van der Waals surface area contributed by atoms with Crippen molar-refractivity contribution < 1.29 is 23.8 Å². The zero-order valence-corrected chi connectivity index (χ0v) is 12.3. The molecule has 23 heavy (non-hydrogen) atoms. The summed E-state index contributed by atoms with van der Waals surface area (Å²) in [6.45, 7) is 1.33. The standard InChI is InChI=1S/C14H17N3O6/c18-14(15-12-4-1-2-5-13(12)16(19)20)23-9-3-6-17(21)7-10-22-11-8-17/h1-6H,7-11H2,(H,15,18). The van der Waals surface area contributed by atoms with Crippen LogP contribution >= 0.6 is 0 Å². The van der Waals surface area contributed by atoms with Gasteiger partial charge in [0.15, 0.2) is 0 Å². The number of anilines is 1. The predicted octanol–water partition coefficient (Wildman–Crippen LogP) is 2.00. The lowest BCUT2D eigenvalue weighted by Gasteiger charge is -2.41. The number of rotatable bonds is 5. The van der Waals surface area contributed by atoms with Crippen LogP contribution in [0.5, 0.6) is 0 Å². The number of nitrogens with one attached hydrogen (secondary N) is 1. The average molecular weight is 323 g/mol. The molecule has 1 aromatic rings. The zero-order valence-electron chi connectivity index (χ0n) is 12.3. The summed E-state index contributed by atoms with van der Waals surface area (Å²) < 4.78 is 9.46. The Morgan fingerprint density at radius 3 is 2.78 bits per heavy atom. The van der Waals surface area contributed by atoms with Gasteiger partial charge in [-0.05, 0) is 6.07 Å². The summed E-state index contributed by atoms with van der Waals surface area (Å²) in [5.74, 6) is 0. The number of quaternary nitrogens is 1. The molecule has 0 unspecified atom stereocenters. The number of para-hydroxylation sites is 2. The van der Waals surface area contributed by atoms with Gasteiger partial charge < -0.3 is 19.3 Å². The molecule has 1 amide bonds. The Bertz CT molecular complexity index is 598. The van der Waals surface area contributed by atoms with E-state index in [1.165, 1.54) is 30.5 Å². The molecular weight excluding hydrogens is 306 g/mol. The molecule has 1 fully saturated rings. The van der Waals surface area contributed by atoms with Crippen LogP contribution in [0.25, 0.3) is 0 Å². The van der Waals surface area contributed by atoms with Gasteiger partial charge in [-0.1, -0.05) is 12.1 Å². The molecule has 0 aliphatic carbocycles. The van der Waals surface area contributed by atoms with E-state index >= 15 is 0 Å². The lowest BCUT2D eigenvalue weighted by Crippen LogP contribution is -2.46. The second-order valence-corrected chi connectivity index (χ2v) is 4.89. The van der Waals surface area contributed by atoms with Crippen LogP contribution in [0.2, 0.25) is 0 Å². The van der Waals surface area contributed by atoms with Gasteiger partial charge in [-0.15, -0.1) is 0 Å². The summed E-state index contributed by atoms with van der Waals surface area (Å²) in [5.41, 5.74) is -0.177. The quantitative estimate of drug-likeness (QED) is 0.384. The maximum atomic E-state index is 12.1. The lowest BCUT2D eigenvalue weighted by molar-refractivity contribution is -0.838. The molecule has 0 radical (unpaired) electrons. The van der Waals surface area contributed by atoms with Gasteiger partial charge in [0, 0.05) is 12.1 Å². The van der Waals surface area contributed by atoms with Gasteiger partial charge in [0.25, 0.3) is 5.69 Å². The van der Waals surface area contributed by atoms with Crippen LogP contribution in [0.1, 0.15) is 0 Å². The first-order chi connectivity index (χ1) is 11.0. The molecule has 0 saturated carbocycles. The van der Waals surface area contributed by atoms with E-state index in [1.54, 1.807) is 6.07 Å². The van der Waals surface area contributed by atoms with Gasteiger partial charge >= 0.3 is 6.09 Å². The zero-order chi connectivity index (χ0) is 16.7. The fraction of sp³-hybridized carbons (Fsp3) is 0.357. The molecule has 1 aromatic carbocycles. The van der Waals surface area contributed by atoms with Crippen molar-refractivity contribution in [3.05, 3.63) is 51.9 Å². The number of nitro groups is 1. The van der Waals surface area contributed by atoms with E-state index in [9.17, 15) is 20.1 Å². The topological polar surface area (TPSA) is 114 Å². The molecule has 1 heterocycles. The molecule has 0 aromatic heterocycles. The van der Waals surface area contributed by atoms with Crippen molar-refractivity contribution in [2.75, 3.05) is 38.2 Å². The number of morpholine rings is 1. The number of carbonyl (C=O) groups is 1. The van der Waals surface area contributed by atoms with Gasteiger partial charge in [0.2, 0.25) is 0 Å². The molecule has 1 N–H and O–H groups in total. The summed E-state index contributed by atoms with van der Waals surface area (Å²) in [6, 6.07) is 5.74. The summed E-state index contributed by atoms with van der Waals surface area (Å²) in [7, 11) is 0. The number of benzene rings is 1. The second-order valence-electron chi connectivity index (χ2n) is 4.89. The highest BCUT2D eigenvalue weighted by Gasteiger charge is 2.18. The van der Waals surface area contributed by atoms with Crippen molar-refractivity contribution in [1.82, 2.24) is 0 Å². The summed E-state index contributed by atoms with van der Waals surface area (Å²) in [6.07, 6.45) is 2.04. The van der Waals surface area contributed by atoms with Crippen LogP contribution in [0, 0.1) is 15.3 Å². The minimum atomic E-state index is -0.830. The van der Waals surface area contributed by atoms with E-state index in [0.717, 1.165) is 0 Å². The fourth-order valence-corrected chi connectivity index (χ4v) is 2.04. The first-order valence-electron chi connectivity index (χ1n) is 7.01. The highest BCUT2D eigenvalue weighted by molar-refractivity contribution is 5.87. The molecule has 124 valence electrons. The number of hydrogen-bond acceptors (Lipinski definition) is 6. The van der Waals surface area contributed by atoms with E-state index in [1.807, 2.05) is 0 Å². The van der Waals surface area contributed by atoms with Gasteiger partial charge in [-0.25, -0.2) is 4.79 Å². The molecule has 1 aliphatic rings. The average Bonchev–Trinajstić information content (AvgIpc) is 2.53. The van der Waals surface area contributed by atoms with Crippen LogP contribution < -0.4 is 5.32 Å². The molecule has 2 rings (SSSR count). The number of ether oxygens (including phenoxy) is 2. The van der Waals surface area contributed by atoms with E-state index in [-0.39, 0.29) is 18.0 Å². The van der Waals surface area contributed by atoms with Crippen LogP contribution in [0.4, 0.5) is 16.2 Å². The highest BCUT2D eigenvalue weighted by atomic mass is 16.6. The number of hydroxylamine groups is 3. The molecule has 0 bridgehead atoms.